The number of carbonyl (C=O) groups excluding carboxylic acids is 1. The third kappa shape index (κ3) is 3.64. The Morgan fingerprint density at radius 3 is 1.95 bits per heavy atom. The normalized spacial score (nSPS) is 11.3. The fourth-order valence-electron chi connectivity index (χ4n) is 2.15. The quantitative estimate of drug-likeness (QED) is 0.764. The van der Waals surface area contributed by atoms with Gasteiger partial charge in [0.05, 0.1) is 26.2 Å². The number of benzene rings is 2. The van der Waals surface area contributed by atoms with Gasteiger partial charge in [-0.3, -0.25) is 4.79 Å². The lowest BCUT2D eigenvalue weighted by Gasteiger charge is -2.10. The number of ketones is 1. The van der Waals surface area contributed by atoms with E-state index in [0.717, 1.165) is 11.3 Å². The molecular weight excluding hydrogens is 278 g/mol. The van der Waals surface area contributed by atoms with E-state index in [1.54, 1.807) is 50.6 Å². The highest BCUT2D eigenvalue weighted by molar-refractivity contribution is 5.96. The highest BCUT2D eigenvalue weighted by atomic mass is 16.5. The monoisotopic (exact) mass is 295 g/mol. The van der Waals surface area contributed by atoms with E-state index < -0.39 is 5.92 Å². The van der Waals surface area contributed by atoms with Crippen LogP contribution in [0.5, 0.6) is 11.5 Å². The molecule has 0 radical (unpaired) electrons. The Balaban J connectivity index is 2.11. The van der Waals surface area contributed by atoms with Crippen molar-refractivity contribution in [2.45, 2.75) is 12.3 Å². The molecule has 1 atom stereocenters. The topological polar surface area (TPSA) is 59.3 Å². The van der Waals surface area contributed by atoms with Gasteiger partial charge < -0.3 is 9.47 Å². The summed E-state index contributed by atoms with van der Waals surface area (Å²) >= 11 is 0. The van der Waals surface area contributed by atoms with E-state index >= 15 is 0 Å². The van der Waals surface area contributed by atoms with Crippen LogP contribution in [0, 0.1) is 11.3 Å². The van der Waals surface area contributed by atoms with Gasteiger partial charge in [0.2, 0.25) is 0 Å². The molecule has 0 aliphatic rings. The standard InChI is InChI=1S/C18H17NO3/c1-21-16-7-3-13(4-8-16)15(12-19)11-18(20)14-5-9-17(22-2)10-6-14/h3-10,15H,11H2,1-2H3/t15-/m1/s1. The number of hydrogen-bond acceptors (Lipinski definition) is 4. The van der Waals surface area contributed by atoms with Crippen molar-refractivity contribution in [2.75, 3.05) is 14.2 Å². The SMILES string of the molecule is COc1ccc(C(=O)C[C@H](C#N)c2ccc(OC)cc2)cc1. The second-order valence-corrected chi connectivity index (χ2v) is 4.81. The first-order valence-electron chi connectivity index (χ1n) is 6.88. The molecule has 2 aromatic rings. The number of nitriles is 1. The molecule has 4 heteroatoms. The minimum Gasteiger partial charge on any atom is -0.497 e. The lowest BCUT2D eigenvalue weighted by Crippen LogP contribution is -2.06. The number of rotatable bonds is 6. The molecule has 22 heavy (non-hydrogen) atoms. The van der Waals surface area contributed by atoms with Gasteiger partial charge in [0, 0.05) is 12.0 Å². The molecule has 0 unspecified atom stereocenters. The number of ether oxygens (including phenoxy) is 2. The first kappa shape index (κ1) is 15.6. The second kappa shape index (κ2) is 7.28. The summed E-state index contributed by atoms with van der Waals surface area (Å²) in [5.74, 6) is 0.885. The lowest BCUT2D eigenvalue weighted by molar-refractivity contribution is 0.0979. The maximum absolute atomic E-state index is 12.3. The Morgan fingerprint density at radius 2 is 1.50 bits per heavy atom. The number of Topliss-reactive ketones (excluding diaryl/α,β-unsaturated/α-hetero) is 1. The fraction of sp³-hybridized carbons (Fsp3) is 0.222. The summed E-state index contributed by atoms with van der Waals surface area (Å²) in [6, 6.07) is 16.3. The number of hydrogen-bond donors (Lipinski definition) is 0. The Bertz CT molecular complexity index is 669. The van der Waals surface area contributed by atoms with Crippen LogP contribution in [-0.4, -0.2) is 20.0 Å². The highest BCUT2D eigenvalue weighted by Crippen LogP contribution is 2.24. The lowest BCUT2D eigenvalue weighted by atomic mass is 9.93. The van der Waals surface area contributed by atoms with E-state index in [9.17, 15) is 10.1 Å². The van der Waals surface area contributed by atoms with Gasteiger partial charge in [-0.15, -0.1) is 0 Å². The predicted octanol–water partition coefficient (Wildman–Crippen LogP) is 3.58. The van der Waals surface area contributed by atoms with Gasteiger partial charge in [-0.25, -0.2) is 0 Å². The molecule has 0 aromatic heterocycles. The molecule has 0 amide bonds. The van der Waals surface area contributed by atoms with Gasteiger partial charge in [-0.2, -0.15) is 5.26 Å². The van der Waals surface area contributed by atoms with Crippen molar-refractivity contribution in [2.24, 2.45) is 0 Å². The van der Waals surface area contributed by atoms with Crippen molar-refractivity contribution in [1.82, 2.24) is 0 Å². The zero-order valence-corrected chi connectivity index (χ0v) is 12.6. The summed E-state index contributed by atoms with van der Waals surface area (Å²) in [6.45, 7) is 0. The van der Waals surface area contributed by atoms with Crippen LogP contribution < -0.4 is 9.47 Å². The summed E-state index contributed by atoms with van der Waals surface area (Å²) in [4.78, 5) is 12.3. The molecular formula is C18H17NO3. The second-order valence-electron chi connectivity index (χ2n) is 4.81. The van der Waals surface area contributed by atoms with E-state index in [-0.39, 0.29) is 12.2 Å². The van der Waals surface area contributed by atoms with Gasteiger partial charge >= 0.3 is 0 Å². The van der Waals surface area contributed by atoms with E-state index in [0.29, 0.717) is 11.3 Å². The number of nitrogens with zero attached hydrogens (tertiary/aromatic N) is 1. The molecule has 0 spiro atoms. The van der Waals surface area contributed by atoms with E-state index in [2.05, 4.69) is 6.07 Å². The largest absolute Gasteiger partial charge is 0.497 e. The summed E-state index contributed by atoms with van der Waals surface area (Å²) < 4.78 is 10.2. The van der Waals surface area contributed by atoms with E-state index in [4.69, 9.17) is 9.47 Å². The van der Waals surface area contributed by atoms with E-state index in [1.165, 1.54) is 0 Å². The minimum atomic E-state index is -0.472. The maximum Gasteiger partial charge on any atom is 0.164 e. The van der Waals surface area contributed by atoms with Gasteiger partial charge in [0.15, 0.2) is 5.78 Å². The van der Waals surface area contributed by atoms with Gasteiger partial charge in [0.25, 0.3) is 0 Å². The first-order valence-corrected chi connectivity index (χ1v) is 6.88. The average Bonchev–Trinajstić information content (AvgIpc) is 2.59. The molecule has 0 saturated heterocycles. The van der Waals surface area contributed by atoms with Crippen molar-refractivity contribution >= 4 is 5.78 Å². The third-order valence-electron chi connectivity index (χ3n) is 3.48. The Morgan fingerprint density at radius 1 is 1.00 bits per heavy atom. The average molecular weight is 295 g/mol. The molecule has 0 N–H and O–H groups in total. The number of carbonyl (C=O) groups is 1. The van der Waals surface area contributed by atoms with Crippen molar-refractivity contribution in [3.05, 3.63) is 59.7 Å². The van der Waals surface area contributed by atoms with Crippen LogP contribution in [-0.2, 0) is 0 Å². The van der Waals surface area contributed by atoms with Gasteiger partial charge in [-0.05, 0) is 42.0 Å². The zero-order valence-electron chi connectivity index (χ0n) is 12.6. The van der Waals surface area contributed by atoms with Crippen molar-refractivity contribution < 1.29 is 14.3 Å². The summed E-state index contributed by atoms with van der Waals surface area (Å²) in [7, 11) is 3.16. The minimum absolute atomic E-state index is 0.0648. The van der Waals surface area contributed by atoms with Gasteiger partial charge in [-0.1, -0.05) is 12.1 Å². The van der Waals surface area contributed by atoms with Crippen molar-refractivity contribution in [3.63, 3.8) is 0 Å². The summed E-state index contributed by atoms with van der Waals surface area (Å²) in [6.07, 6.45) is 0.148. The van der Waals surface area contributed by atoms with E-state index in [1.807, 2.05) is 12.1 Å². The summed E-state index contributed by atoms with van der Waals surface area (Å²) in [5.41, 5.74) is 1.39. The smallest absolute Gasteiger partial charge is 0.164 e. The predicted molar refractivity (Wildman–Crippen MR) is 83.3 cm³/mol. The van der Waals surface area contributed by atoms with Crippen LogP contribution in [0.1, 0.15) is 28.3 Å². The van der Waals surface area contributed by atoms with Crippen molar-refractivity contribution in [3.8, 4) is 17.6 Å². The third-order valence-corrected chi connectivity index (χ3v) is 3.48. The Hall–Kier alpha value is -2.80. The zero-order chi connectivity index (χ0) is 15.9. The molecule has 0 heterocycles. The summed E-state index contributed by atoms with van der Waals surface area (Å²) in [5, 5.41) is 9.33. The van der Waals surface area contributed by atoms with Crippen molar-refractivity contribution in [1.29, 1.82) is 5.26 Å². The highest BCUT2D eigenvalue weighted by Gasteiger charge is 2.17. The molecule has 4 nitrogen and oxygen atoms in total. The van der Waals surface area contributed by atoms with Crippen LogP contribution in [0.3, 0.4) is 0 Å². The molecule has 0 saturated carbocycles. The molecule has 0 aliphatic heterocycles. The van der Waals surface area contributed by atoms with Crippen LogP contribution in [0.15, 0.2) is 48.5 Å². The number of methoxy groups -OCH3 is 2. The fourth-order valence-corrected chi connectivity index (χ4v) is 2.15. The van der Waals surface area contributed by atoms with Gasteiger partial charge in [0.1, 0.15) is 11.5 Å². The van der Waals surface area contributed by atoms with Crippen LogP contribution in [0.2, 0.25) is 0 Å². The molecule has 2 rings (SSSR count). The molecule has 112 valence electrons. The van der Waals surface area contributed by atoms with Crippen LogP contribution in [0.25, 0.3) is 0 Å². The van der Waals surface area contributed by atoms with Crippen LogP contribution in [0.4, 0.5) is 0 Å². The van der Waals surface area contributed by atoms with Crippen LogP contribution >= 0.6 is 0 Å². The molecule has 0 fully saturated rings. The Labute approximate surface area is 129 Å². The molecule has 2 aromatic carbocycles. The Kier molecular flexibility index (Phi) is 5.16. The maximum atomic E-state index is 12.3. The molecule has 0 bridgehead atoms. The molecule has 0 aliphatic carbocycles. The first-order chi connectivity index (χ1) is 10.7.